The molecule has 0 spiro atoms. The van der Waals surface area contributed by atoms with E-state index in [2.05, 4.69) is 36.1 Å². The molecule has 2 aromatic rings. The number of rotatable bonds is 5. The number of likely N-dealkylation sites (tertiary alicyclic amines) is 1. The van der Waals surface area contributed by atoms with Crippen LogP contribution in [0.5, 0.6) is 11.5 Å². The number of hydrogen-bond donors (Lipinski definition) is 0. The highest BCUT2D eigenvalue weighted by molar-refractivity contribution is 5.78. The molecule has 154 valence electrons. The maximum absolute atomic E-state index is 12.9. The molecular weight excluding hydrogens is 364 g/mol. The van der Waals surface area contributed by atoms with Crippen LogP contribution in [0.1, 0.15) is 42.0 Å². The van der Waals surface area contributed by atoms with Gasteiger partial charge in [0.05, 0.1) is 19.8 Å². The van der Waals surface area contributed by atoms with Crippen molar-refractivity contribution in [3.63, 3.8) is 0 Å². The van der Waals surface area contributed by atoms with E-state index in [0.29, 0.717) is 26.3 Å². The molecule has 5 nitrogen and oxygen atoms in total. The van der Waals surface area contributed by atoms with Gasteiger partial charge in [0.2, 0.25) is 5.91 Å². The van der Waals surface area contributed by atoms with Crippen molar-refractivity contribution in [2.45, 2.75) is 38.8 Å². The monoisotopic (exact) mass is 394 g/mol. The summed E-state index contributed by atoms with van der Waals surface area (Å²) in [6.07, 6.45) is 3.07. The highest BCUT2D eigenvalue weighted by Crippen LogP contribution is 2.37. The first-order valence-corrected chi connectivity index (χ1v) is 10.5. The standard InChI is InChI=1S/C24H30N2O3/c1-18-7-3-4-8-20(18)16-25(2)24(27)17-26-12-5-9-21(26)19-10-11-22-23(15-19)29-14-6-13-28-22/h3-4,7-8,10-11,15,21H,5-6,9,12-14,16-17H2,1-2H3. The Hall–Kier alpha value is -2.53. The number of benzene rings is 2. The van der Waals surface area contributed by atoms with Gasteiger partial charge >= 0.3 is 0 Å². The van der Waals surface area contributed by atoms with E-state index in [4.69, 9.17) is 9.47 Å². The van der Waals surface area contributed by atoms with Crippen molar-refractivity contribution < 1.29 is 14.3 Å². The normalized spacial score (nSPS) is 19.0. The van der Waals surface area contributed by atoms with Gasteiger partial charge in [0.25, 0.3) is 0 Å². The summed E-state index contributed by atoms with van der Waals surface area (Å²) in [6.45, 7) is 5.52. The van der Waals surface area contributed by atoms with Gasteiger partial charge in [0, 0.05) is 26.1 Å². The summed E-state index contributed by atoms with van der Waals surface area (Å²) < 4.78 is 11.6. The number of nitrogens with zero attached hydrogens (tertiary/aromatic N) is 2. The second-order valence-corrected chi connectivity index (χ2v) is 8.06. The first-order chi connectivity index (χ1) is 14.1. The van der Waals surface area contributed by atoms with Crippen molar-refractivity contribution in [3.8, 4) is 11.5 Å². The highest BCUT2D eigenvalue weighted by atomic mass is 16.5. The van der Waals surface area contributed by atoms with E-state index in [1.54, 1.807) is 0 Å². The number of carbonyl (C=O) groups excluding carboxylic acids is 1. The Balaban J connectivity index is 1.42. The van der Waals surface area contributed by atoms with Gasteiger partial charge in [-0.2, -0.15) is 0 Å². The quantitative estimate of drug-likeness (QED) is 0.770. The average Bonchev–Trinajstić information content (AvgIpc) is 3.05. The molecule has 2 aromatic carbocycles. The Bertz CT molecular complexity index is 867. The van der Waals surface area contributed by atoms with Gasteiger partial charge in [-0.25, -0.2) is 0 Å². The van der Waals surface area contributed by atoms with Crippen LogP contribution in [0.25, 0.3) is 0 Å². The molecule has 4 rings (SSSR count). The van der Waals surface area contributed by atoms with Crippen LogP contribution >= 0.6 is 0 Å². The van der Waals surface area contributed by atoms with Gasteiger partial charge in [-0.3, -0.25) is 9.69 Å². The van der Waals surface area contributed by atoms with Crippen molar-refractivity contribution in [1.29, 1.82) is 0 Å². The van der Waals surface area contributed by atoms with Crippen LogP contribution in [0.15, 0.2) is 42.5 Å². The first-order valence-electron chi connectivity index (χ1n) is 10.5. The Morgan fingerprint density at radius 1 is 1.10 bits per heavy atom. The molecule has 2 heterocycles. The molecule has 1 amide bonds. The zero-order chi connectivity index (χ0) is 20.2. The van der Waals surface area contributed by atoms with Crippen LogP contribution in [0.4, 0.5) is 0 Å². The lowest BCUT2D eigenvalue weighted by molar-refractivity contribution is -0.131. The molecule has 0 saturated carbocycles. The van der Waals surface area contributed by atoms with Crippen molar-refractivity contribution in [2.24, 2.45) is 0 Å². The van der Waals surface area contributed by atoms with Gasteiger partial charge in [0.15, 0.2) is 11.5 Å². The van der Waals surface area contributed by atoms with Crippen LogP contribution in [-0.4, -0.2) is 49.1 Å². The van der Waals surface area contributed by atoms with Crippen LogP contribution in [0, 0.1) is 6.92 Å². The summed E-state index contributed by atoms with van der Waals surface area (Å²) in [5.41, 5.74) is 3.63. The lowest BCUT2D eigenvalue weighted by atomic mass is 10.0. The topological polar surface area (TPSA) is 42.0 Å². The number of amides is 1. The van der Waals surface area contributed by atoms with Gasteiger partial charge in [0.1, 0.15) is 0 Å². The molecule has 2 aliphatic rings. The Morgan fingerprint density at radius 3 is 2.72 bits per heavy atom. The van der Waals surface area contributed by atoms with E-state index in [1.165, 1.54) is 16.7 Å². The molecule has 29 heavy (non-hydrogen) atoms. The molecule has 1 unspecified atom stereocenters. The first kappa shape index (κ1) is 19.8. The zero-order valence-corrected chi connectivity index (χ0v) is 17.4. The fraction of sp³-hybridized carbons (Fsp3) is 0.458. The summed E-state index contributed by atoms with van der Waals surface area (Å²) in [6, 6.07) is 14.7. The number of aryl methyl sites for hydroxylation is 1. The molecule has 0 aromatic heterocycles. The fourth-order valence-corrected chi connectivity index (χ4v) is 4.21. The van der Waals surface area contributed by atoms with E-state index >= 15 is 0 Å². The second kappa shape index (κ2) is 8.87. The van der Waals surface area contributed by atoms with Gasteiger partial charge in [-0.1, -0.05) is 30.3 Å². The molecular formula is C24H30N2O3. The molecule has 2 aliphatic heterocycles. The van der Waals surface area contributed by atoms with Crippen molar-refractivity contribution in [1.82, 2.24) is 9.80 Å². The molecule has 1 saturated heterocycles. The highest BCUT2D eigenvalue weighted by Gasteiger charge is 2.29. The van der Waals surface area contributed by atoms with Crippen LogP contribution in [0.2, 0.25) is 0 Å². The number of likely N-dealkylation sites (N-methyl/N-ethyl adjacent to an activating group) is 1. The third-order valence-electron chi connectivity index (χ3n) is 5.95. The summed E-state index contributed by atoms with van der Waals surface area (Å²) in [5.74, 6) is 1.81. The maximum Gasteiger partial charge on any atom is 0.236 e. The molecule has 0 radical (unpaired) electrons. The van der Waals surface area contributed by atoms with Gasteiger partial charge < -0.3 is 14.4 Å². The van der Waals surface area contributed by atoms with Crippen molar-refractivity contribution in [3.05, 3.63) is 59.2 Å². The van der Waals surface area contributed by atoms with Crippen LogP contribution in [0.3, 0.4) is 0 Å². The molecule has 5 heteroatoms. The Labute approximate surface area is 173 Å². The number of ether oxygens (including phenoxy) is 2. The van der Waals surface area contributed by atoms with E-state index in [-0.39, 0.29) is 11.9 Å². The van der Waals surface area contributed by atoms with E-state index in [0.717, 1.165) is 37.3 Å². The Kier molecular flexibility index (Phi) is 6.05. The SMILES string of the molecule is Cc1ccccc1CN(C)C(=O)CN1CCCC1c1ccc2c(c1)OCCCO2. The summed E-state index contributed by atoms with van der Waals surface area (Å²) in [4.78, 5) is 17.0. The summed E-state index contributed by atoms with van der Waals surface area (Å²) in [5, 5.41) is 0. The molecule has 0 bridgehead atoms. The van der Waals surface area contributed by atoms with E-state index in [1.807, 2.05) is 30.1 Å². The number of carbonyl (C=O) groups is 1. The van der Waals surface area contributed by atoms with Crippen LogP contribution < -0.4 is 9.47 Å². The zero-order valence-electron chi connectivity index (χ0n) is 17.4. The minimum absolute atomic E-state index is 0.162. The smallest absolute Gasteiger partial charge is 0.236 e. The van der Waals surface area contributed by atoms with Gasteiger partial charge in [-0.15, -0.1) is 0 Å². The number of fused-ring (bicyclic) bond motifs is 1. The molecule has 1 fully saturated rings. The molecule has 0 aliphatic carbocycles. The molecule has 1 atom stereocenters. The average molecular weight is 395 g/mol. The van der Waals surface area contributed by atoms with Gasteiger partial charge in [-0.05, 0) is 55.1 Å². The Morgan fingerprint density at radius 2 is 1.90 bits per heavy atom. The largest absolute Gasteiger partial charge is 0.490 e. The predicted octanol–water partition coefficient (Wildman–Crippen LogP) is 3.95. The third-order valence-corrected chi connectivity index (χ3v) is 5.95. The second-order valence-electron chi connectivity index (χ2n) is 8.06. The van der Waals surface area contributed by atoms with Crippen LogP contribution in [-0.2, 0) is 11.3 Å². The summed E-state index contributed by atoms with van der Waals surface area (Å²) in [7, 11) is 1.90. The number of hydrogen-bond acceptors (Lipinski definition) is 4. The van der Waals surface area contributed by atoms with E-state index in [9.17, 15) is 4.79 Å². The minimum atomic E-state index is 0.162. The minimum Gasteiger partial charge on any atom is -0.490 e. The lowest BCUT2D eigenvalue weighted by Gasteiger charge is -2.27. The molecule has 0 N–H and O–H groups in total. The predicted molar refractivity (Wildman–Crippen MR) is 113 cm³/mol. The fourth-order valence-electron chi connectivity index (χ4n) is 4.21. The third kappa shape index (κ3) is 4.56. The lowest BCUT2D eigenvalue weighted by Crippen LogP contribution is -2.38. The van der Waals surface area contributed by atoms with E-state index < -0.39 is 0 Å². The maximum atomic E-state index is 12.9. The summed E-state index contributed by atoms with van der Waals surface area (Å²) >= 11 is 0. The van der Waals surface area contributed by atoms with Crippen molar-refractivity contribution in [2.75, 3.05) is 33.4 Å². The van der Waals surface area contributed by atoms with Crippen molar-refractivity contribution >= 4 is 5.91 Å².